The van der Waals surface area contributed by atoms with E-state index in [1.54, 1.807) is 6.07 Å². The van der Waals surface area contributed by atoms with Crippen LogP contribution >= 0.6 is 10.0 Å². The fourth-order valence-electron chi connectivity index (χ4n) is 1.54. The van der Waals surface area contributed by atoms with Crippen molar-refractivity contribution in [1.29, 1.82) is 0 Å². The van der Waals surface area contributed by atoms with E-state index < -0.39 is 10.0 Å². The molecule has 1 aromatic rings. The van der Waals surface area contributed by atoms with Gasteiger partial charge in [-0.25, -0.2) is 0 Å². The van der Waals surface area contributed by atoms with Crippen molar-refractivity contribution in [3.8, 4) is 5.75 Å². The quantitative estimate of drug-likeness (QED) is 0.779. The Morgan fingerprint density at radius 1 is 1.31 bits per heavy atom. The zero-order chi connectivity index (χ0) is 12.2. The third-order valence-corrected chi connectivity index (χ3v) is 6.47. The Balaban J connectivity index is 2.45. The number of rotatable bonds is 5. The van der Waals surface area contributed by atoms with Crippen LogP contribution in [0.2, 0.25) is 0 Å². The van der Waals surface area contributed by atoms with Crippen molar-refractivity contribution in [3.63, 3.8) is 0 Å². The highest BCUT2D eigenvalue weighted by atomic mass is 32.3. The summed E-state index contributed by atoms with van der Waals surface area (Å²) in [5.41, 5.74) is 1.04. The Kier molecular flexibility index (Phi) is 4.78. The van der Waals surface area contributed by atoms with E-state index >= 15 is 0 Å². The van der Waals surface area contributed by atoms with Crippen molar-refractivity contribution >= 4 is 17.9 Å². The molecule has 0 bridgehead atoms. The molecule has 0 spiro atoms. The number of benzene rings is 1. The van der Waals surface area contributed by atoms with Crippen LogP contribution in [0.1, 0.15) is 18.9 Å². The maximum Gasteiger partial charge on any atom is 0.118 e. The van der Waals surface area contributed by atoms with Crippen molar-refractivity contribution in [2.24, 2.45) is 0 Å². The number of para-hydroxylation sites is 1. The lowest BCUT2D eigenvalue weighted by Gasteiger charge is -2.36. The molecule has 0 fully saturated rings. The topological polar surface area (TPSA) is 20.2 Å². The number of aromatic hydroxyl groups is 1. The fourth-order valence-corrected chi connectivity index (χ4v) is 2.80. The summed E-state index contributed by atoms with van der Waals surface area (Å²) in [6.45, 7) is 2.09. The van der Waals surface area contributed by atoms with Gasteiger partial charge in [0.2, 0.25) is 0 Å². The highest BCUT2D eigenvalue weighted by Gasteiger charge is 2.15. The average Bonchev–Trinajstić information content (AvgIpc) is 2.20. The van der Waals surface area contributed by atoms with Gasteiger partial charge >= 0.3 is 0 Å². The molecule has 1 N–H and O–H groups in total. The summed E-state index contributed by atoms with van der Waals surface area (Å²) in [7, 11) is 5.28. The molecule has 0 aliphatic carbocycles. The Morgan fingerprint density at radius 2 is 1.94 bits per heavy atom. The lowest BCUT2D eigenvalue weighted by molar-refractivity contribution is 0.467. The van der Waals surface area contributed by atoms with Gasteiger partial charge in [-0.2, -0.15) is 0 Å². The number of hydrogen-bond acceptors (Lipinski definition) is 1. The second kappa shape index (κ2) is 5.67. The molecule has 16 heavy (non-hydrogen) atoms. The molecule has 0 aromatic heterocycles. The summed E-state index contributed by atoms with van der Waals surface area (Å²) in [5, 5.41) is 9.92. The molecule has 0 saturated carbocycles. The standard InChI is InChI=1S/C13H21BOS/c1-11(14)16(2,3)10-6-8-12-7-4-5-9-13(12)15/h4-5,7,9,11,15H,6,8,10H2,1-3H3. The van der Waals surface area contributed by atoms with Crippen LogP contribution in [0.3, 0.4) is 0 Å². The van der Waals surface area contributed by atoms with E-state index in [4.69, 9.17) is 7.85 Å². The Hall–Kier alpha value is -0.565. The van der Waals surface area contributed by atoms with Crippen LogP contribution in [0.4, 0.5) is 0 Å². The molecule has 0 heterocycles. The molecule has 0 amide bonds. The van der Waals surface area contributed by atoms with Gasteiger partial charge < -0.3 is 5.11 Å². The Labute approximate surface area is 102 Å². The van der Waals surface area contributed by atoms with E-state index in [9.17, 15) is 5.11 Å². The number of phenols is 1. The maximum absolute atomic E-state index is 9.63. The second-order valence-electron chi connectivity index (χ2n) is 4.77. The maximum atomic E-state index is 9.63. The molecule has 88 valence electrons. The first kappa shape index (κ1) is 13.5. The Morgan fingerprint density at radius 3 is 2.50 bits per heavy atom. The van der Waals surface area contributed by atoms with Crippen molar-refractivity contribution in [3.05, 3.63) is 29.8 Å². The minimum atomic E-state index is -0.685. The molecule has 0 aliphatic heterocycles. The predicted octanol–water partition coefficient (Wildman–Crippen LogP) is 2.90. The first-order valence-corrected chi connectivity index (χ1v) is 8.34. The SMILES string of the molecule is [B]C(C)S(C)(C)CCCc1ccccc1O. The van der Waals surface area contributed by atoms with Crippen LogP contribution in [0.25, 0.3) is 0 Å². The van der Waals surface area contributed by atoms with Gasteiger partial charge in [0.25, 0.3) is 0 Å². The van der Waals surface area contributed by atoms with Crippen molar-refractivity contribution in [2.75, 3.05) is 18.3 Å². The summed E-state index contributed by atoms with van der Waals surface area (Å²) in [6, 6.07) is 7.57. The number of hydrogen-bond donors (Lipinski definition) is 1. The predicted molar refractivity (Wildman–Crippen MR) is 75.9 cm³/mol. The third-order valence-electron chi connectivity index (χ3n) is 3.11. The molecular formula is C13H21BOS. The van der Waals surface area contributed by atoms with Crippen LogP contribution in [-0.2, 0) is 6.42 Å². The summed E-state index contributed by atoms with van der Waals surface area (Å²) in [5.74, 6) is 1.58. The van der Waals surface area contributed by atoms with Gasteiger partial charge in [-0.3, -0.25) is 10.0 Å². The third kappa shape index (κ3) is 3.78. The molecule has 0 saturated heterocycles. The lowest BCUT2D eigenvalue weighted by atomic mass is 10.1. The van der Waals surface area contributed by atoms with Gasteiger partial charge in [-0.15, -0.1) is 0 Å². The van der Waals surface area contributed by atoms with Crippen LogP contribution in [0, 0.1) is 0 Å². The lowest BCUT2D eigenvalue weighted by Crippen LogP contribution is -2.16. The smallest absolute Gasteiger partial charge is 0.118 e. The monoisotopic (exact) mass is 236 g/mol. The first-order chi connectivity index (χ1) is 7.43. The van der Waals surface area contributed by atoms with Gasteiger partial charge in [0, 0.05) is 0 Å². The fraction of sp³-hybridized carbons (Fsp3) is 0.538. The highest BCUT2D eigenvalue weighted by molar-refractivity contribution is 8.33. The zero-order valence-corrected chi connectivity index (χ0v) is 11.3. The first-order valence-electron chi connectivity index (χ1n) is 5.66. The van der Waals surface area contributed by atoms with Crippen molar-refractivity contribution in [2.45, 2.75) is 24.9 Å². The summed E-state index contributed by atoms with van der Waals surface area (Å²) < 4.78 is 0. The normalized spacial score (nSPS) is 14.7. The summed E-state index contributed by atoms with van der Waals surface area (Å²) >= 11 is 0. The number of phenolic OH excluding ortho intramolecular Hbond substituents is 1. The van der Waals surface area contributed by atoms with Gasteiger partial charge in [0.15, 0.2) is 0 Å². The summed E-state index contributed by atoms with van der Waals surface area (Å²) in [4.78, 5) is 0. The highest BCUT2D eigenvalue weighted by Crippen LogP contribution is 2.44. The number of aryl methyl sites for hydroxylation is 1. The summed E-state index contributed by atoms with van der Waals surface area (Å²) in [6.07, 6.45) is 6.60. The van der Waals surface area contributed by atoms with E-state index in [1.165, 1.54) is 5.75 Å². The molecule has 1 nitrogen and oxygen atoms in total. The minimum Gasteiger partial charge on any atom is -0.508 e. The molecule has 1 aromatic carbocycles. The van der Waals surface area contributed by atoms with Gasteiger partial charge in [-0.05, 0) is 42.7 Å². The molecule has 1 unspecified atom stereocenters. The van der Waals surface area contributed by atoms with E-state index in [1.807, 2.05) is 18.2 Å². The van der Waals surface area contributed by atoms with E-state index in [-0.39, 0.29) is 5.15 Å². The average molecular weight is 236 g/mol. The zero-order valence-electron chi connectivity index (χ0n) is 10.4. The Bertz CT molecular complexity index is 336. The van der Waals surface area contributed by atoms with Gasteiger partial charge in [-0.1, -0.05) is 30.3 Å². The van der Waals surface area contributed by atoms with Crippen LogP contribution in [0.15, 0.2) is 24.3 Å². The molecule has 1 rings (SSSR count). The van der Waals surface area contributed by atoms with Crippen LogP contribution in [-0.4, -0.2) is 36.4 Å². The molecular weight excluding hydrogens is 215 g/mol. The second-order valence-corrected chi connectivity index (χ2v) is 9.16. The van der Waals surface area contributed by atoms with Crippen molar-refractivity contribution < 1.29 is 5.11 Å². The van der Waals surface area contributed by atoms with Gasteiger partial charge in [0.05, 0.1) is 7.85 Å². The van der Waals surface area contributed by atoms with E-state index in [0.717, 1.165) is 18.4 Å². The largest absolute Gasteiger partial charge is 0.508 e. The van der Waals surface area contributed by atoms with Gasteiger partial charge in [0.1, 0.15) is 5.75 Å². The van der Waals surface area contributed by atoms with Crippen molar-refractivity contribution in [1.82, 2.24) is 0 Å². The molecule has 2 radical (unpaired) electrons. The van der Waals surface area contributed by atoms with Crippen LogP contribution in [0.5, 0.6) is 5.75 Å². The van der Waals surface area contributed by atoms with Crippen LogP contribution < -0.4 is 0 Å². The van der Waals surface area contributed by atoms with E-state index in [2.05, 4.69) is 19.4 Å². The molecule has 0 aliphatic rings. The molecule has 3 heteroatoms. The van der Waals surface area contributed by atoms with E-state index in [0.29, 0.717) is 5.75 Å². The minimum absolute atomic E-state index is 0.289. The molecule has 1 atom stereocenters.